The van der Waals surface area contributed by atoms with Gasteiger partial charge in [-0.15, -0.1) is 0 Å². The van der Waals surface area contributed by atoms with Crippen molar-refractivity contribution in [3.63, 3.8) is 0 Å². The van der Waals surface area contributed by atoms with Crippen LogP contribution in [-0.4, -0.2) is 18.1 Å². The molecule has 0 aliphatic heterocycles. The molecule has 0 aromatic heterocycles. The van der Waals surface area contributed by atoms with Crippen LogP contribution < -0.4 is 4.74 Å². The van der Waals surface area contributed by atoms with E-state index in [0.29, 0.717) is 0 Å². The molecule has 0 aliphatic carbocycles. The van der Waals surface area contributed by atoms with Gasteiger partial charge in [0.05, 0.1) is 7.11 Å². The lowest BCUT2D eigenvalue weighted by Gasteiger charge is -2.27. The predicted molar refractivity (Wildman–Crippen MR) is 122 cm³/mol. The standard InChI is InChI=1S/C23H23BrO.H4Si/c1-23(2,3)21-19(16-9-6-5-7-10-16)13-14-20(22(21)25-4)17-11-8-12-18(24)15-17;/h5-15H,1-4H3;1H4. The van der Waals surface area contributed by atoms with E-state index in [1.807, 2.05) is 12.1 Å². The summed E-state index contributed by atoms with van der Waals surface area (Å²) >= 11 is 3.57. The summed E-state index contributed by atoms with van der Waals surface area (Å²) in [6.45, 7) is 6.71. The van der Waals surface area contributed by atoms with Crippen LogP contribution in [0.1, 0.15) is 26.3 Å². The van der Waals surface area contributed by atoms with Crippen molar-refractivity contribution >= 4 is 26.9 Å². The quantitative estimate of drug-likeness (QED) is 0.492. The SMILES string of the molecule is COc1c(-c2cccc(Br)c2)ccc(-c2ccccc2)c1C(C)(C)C.[SiH4]. The van der Waals surface area contributed by atoms with Gasteiger partial charge < -0.3 is 4.74 Å². The van der Waals surface area contributed by atoms with E-state index in [1.54, 1.807) is 7.11 Å². The molecule has 3 aromatic carbocycles. The second-order valence-corrected chi connectivity index (χ2v) is 8.11. The Morgan fingerprint density at radius 3 is 1.96 bits per heavy atom. The highest BCUT2D eigenvalue weighted by atomic mass is 79.9. The Kier molecular flexibility index (Phi) is 6.48. The minimum Gasteiger partial charge on any atom is -0.496 e. The number of hydrogen-bond acceptors (Lipinski definition) is 1. The Bertz CT molecular complexity index is 882. The summed E-state index contributed by atoms with van der Waals surface area (Å²) in [6, 6.07) is 23.3. The third-order valence-electron chi connectivity index (χ3n) is 4.33. The molecule has 1 nitrogen and oxygen atoms in total. The molecule has 0 N–H and O–H groups in total. The number of benzene rings is 3. The molecule has 0 fully saturated rings. The van der Waals surface area contributed by atoms with Crippen molar-refractivity contribution in [2.75, 3.05) is 7.11 Å². The molecule has 0 saturated heterocycles. The fourth-order valence-electron chi connectivity index (χ4n) is 3.28. The van der Waals surface area contributed by atoms with E-state index >= 15 is 0 Å². The van der Waals surface area contributed by atoms with E-state index in [0.717, 1.165) is 21.3 Å². The molecule has 0 atom stereocenters. The van der Waals surface area contributed by atoms with Crippen molar-refractivity contribution in [1.29, 1.82) is 0 Å². The lowest BCUT2D eigenvalue weighted by molar-refractivity contribution is 0.400. The Morgan fingerprint density at radius 2 is 1.38 bits per heavy atom. The van der Waals surface area contributed by atoms with Gasteiger partial charge in [0.25, 0.3) is 0 Å². The van der Waals surface area contributed by atoms with Gasteiger partial charge in [-0.1, -0.05) is 91.3 Å². The first-order valence-corrected chi connectivity index (χ1v) is 9.24. The van der Waals surface area contributed by atoms with E-state index < -0.39 is 0 Å². The number of ether oxygens (including phenoxy) is 1. The molecule has 0 aliphatic rings. The zero-order valence-electron chi connectivity index (χ0n) is 15.1. The zero-order chi connectivity index (χ0) is 18.0. The van der Waals surface area contributed by atoms with Gasteiger partial charge in [-0.2, -0.15) is 0 Å². The summed E-state index contributed by atoms with van der Waals surface area (Å²) in [7, 11) is 1.76. The van der Waals surface area contributed by atoms with Crippen molar-refractivity contribution < 1.29 is 4.74 Å². The highest BCUT2D eigenvalue weighted by molar-refractivity contribution is 9.10. The lowest BCUT2D eigenvalue weighted by atomic mass is 9.79. The van der Waals surface area contributed by atoms with Crippen LogP contribution in [0.4, 0.5) is 0 Å². The molecule has 0 saturated carbocycles. The Hall–Kier alpha value is -1.84. The first-order chi connectivity index (χ1) is 11.9. The molecule has 3 heteroatoms. The Labute approximate surface area is 169 Å². The smallest absolute Gasteiger partial charge is 0.131 e. The predicted octanol–water partition coefficient (Wildman–Crippen LogP) is 5.64. The van der Waals surface area contributed by atoms with E-state index in [-0.39, 0.29) is 16.4 Å². The third kappa shape index (κ3) is 4.10. The average molecular weight is 427 g/mol. The normalized spacial score (nSPS) is 11.0. The molecule has 26 heavy (non-hydrogen) atoms. The molecule has 0 amide bonds. The molecule has 0 heterocycles. The van der Waals surface area contributed by atoms with Gasteiger partial charge in [0.2, 0.25) is 0 Å². The first kappa shape index (κ1) is 20.5. The maximum atomic E-state index is 5.94. The Balaban J connectivity index is 0.00000243. The summed E-state index contributed by atoms with van der Waals surface area (Å²) in [5.74, 6) is 0.951. The van der Waals surface area contributed by atoms with Crippen molar-refractivity contribution in [2.24, 2.45) is 0 Å². The third-order valence-corrected chi connectivity index (χ3v) is 4.83. The summed E-state index contributed by atoms with van der Waals surface area (Å²) in [4.78, 5) is 0. The van der Waals surface area contributed by atoms with Crippen molar-refractivity contribution in [1.82, 2.24) is 0 Å². The fourth-order valence-corrected chi connectivity index (χ4v) is 3.68. The molecular weight excluding hydrogens is 400 g/mol. The van der Waals surface area contributed by atoms with Crippen LogP contribution in [0.2, 0.25) is 0 Å². The van der Waals surface area contributed by atoms with Crippen LogP contribution in [0, 0.1) is 0 Å². The summed E-state index contributed by atoms with van der Waals surface area (Å²) < 4.78 is 7.01. The van der Waals surface area contributed by atoms with E-state index in [2.05, 4.69) is 91.3 Å². The molecule has 136 valence electrons. The van der Waals surface area contributed by atoms with Gasteiger partial charge in [-0.25, -0.2) is 0 Å². The van der Waals surface area contributed by atoms with Crippen molar-refractivity contribution in [2.45, 2.75) is 26.2 Å². The van der Waals surface area contributed by atoms with E-state index in [4.69, 9.17) is 4.74 Å². The largest absolute Gasteiger partial charge is 0.496 e. The highest BCUT2D eigenvalue weighted by Gasteiger charge is 2.26. The number of halogens is 1. The highest BCUT2D eigenvalue weighted by Crippen LogP contribution is 2.45. The topological polar surface area (TPSA) is 9.23 Å². The van der Waals surface area contributed by atoms with Crippen molar-refractivity contribution in [3.8, 4) is 28.0 Å². The number of hydrogen-bond donors (Lipinski definition) is 0. The van der Waals surface area contributed by atoms with Gasteiger partial charge in [0, 0.05) is 15.6 Å². The first-order valence-electron chi connectivity index (χ1n) is 8.44. The van der Waals surface area contributed by atoms with Gasteiger partial charge in [-0.05, 0) is 45.2 Å². The monoisotopic (exact) mass is 426 g/mol. The Morgan fingerprint density at radius 1 is 0.769 bits per heavy atom. The molecular formula is C23H27BrOSi. The molecule has 0 unspecified atom stereocenters. The minimum absolute atomic E-state index is 0. The van der Waals surface area contributed by atoms with Crippen molar-refractivity contribution in [3.05, 3.63) is 76.8 Å². The maximum Gasteiger partial charge on any atom is 0.131 e. The van der Waals surface area contributed by atoms with Crippen LogP contribution >= 0.6 is 15.9 Å². The fraction of sp³-hybridized carbons (Fsp3) is 0.217. The van der Waals surface area contributed by atoms with Crippen LogP contribution in [0.5, 0.6) is 5.75 Å². The molecule has 0 radical (unpaired) electrons. The van der Waals surface area contributed by atoms with Crippen LogP contribution in [-0.2, 0) is 5.41 Å². The molecule has 3 aromatic rings. The summed E-state index contributed by atoms with van der Waals surface area (Å²) in [5, 5.41) is 0. The van der Waals surface area contributed by atoms with Crippen LogP contribution in [0.15, 0.2) is 71.2 Å². The number of methoxy groups -OCH3 is 1. The average Bonchev–Trinajstić information content (AvgIpc) is 2.60. The molecule has 0 bridgehead atoms. The van der Waals surface area contributed by atoms with E-state index in [1.165, 1.54) is 16.7 Å². The van der Waals surface area contributed by atoms with Crippen LogP contribution in [0.3, 0.4) is 0 Å². The van der Waals surface area contributed by atoms with Gasteiger partial charge in [-0.3, -0.25) is 0 Å². The van der Waals surface area contributed by atoms with Crippen LogP contribution in [0.25, 0.3) is 22.3 Å². The van der Waals surface area contributed by atoms with Gasteiger partial charge in [0.1, 0.15) is 5.75 Å². The summed E-state index contributed by atoms with van der Waals surface area (Å²) in [5.41, 5.74) is 5.90. The minimum atomic E-state index is -0.0431. The second-order valence-electron chi connectivity index (χ2n) is 7.20. The zero-order valence-corrected chi connectivity index (χ0v) is 16.7. The van der Waals surface area contributed by atoms with Gasteiger partial charge in [0.15, 0.2) is 0 Å². The maximum absolute atomic E-state index is 5.94. The van der Waals surface area contributed by atoms with Gasteiger partial charge >= 0.3 is 0 Å². The number of rotatable bonds is 3. The van der Waals surface area contributed by atoms with E-state index in [9.17, 15) is 0 Å². The molecule has 0 spiro atoms. The lowest BCUT2D eigenvalue weighted by Crippen LogP contribution is -2.15. The summed E-state index contributed by atoms with van der Waals surface area (Å²) in [6.07, 6.45) is 0. The molecule has 3 rings (SSSR count). The second kappa shape index (κ2) is 8.23.